The molecule has 1 saturated carbocycles. The number of nitrogens with two attached hydrogens (primary N) is 1. The molecule has 1 aliphatic heterocycles. The van der Waals surface area contributed by atoms with E-state index in [2.05, 4.69) is 6.92 Å². The molecule has 0 aromatic heterocycles. The maximum Gasteiger partial charge on any atom is 0.223 e. The van der Waals surface area contributed by atoms with Crippen LogP contribution in [0.5, 0.6) is 0 Å². The normalized spacial score (nSPS) is 35.0. The average Bonchev–Trinajstić information content (AvgIpc) is 2.35. The third-order valence-electron chi connectivity index (χ3n) is 4.63. The molecule has 4 nitrogen and oxygen atoms in total. The van der Waals surface area contributed by atoms with Gasteiger partial charge in [0.05, 0.1) is 6.10 Å². The molecule has 1 amide bonds. The lowest BCUT2D eigenvalue weighted by molar-refractivity contribution is -0.138. The van der Waals surface area contributed by atoms with Crippen LogP contribution >= 0.6 is 0 Å². The topological polar surface area (TPSA) is 55.6 Å². The van der Waals surface area contributed by atoms with Gasteiger partial charge >= 0.3 is 0 Å². The van der Waals surface area contributed by atoms with E-state index in [0.29, 0.717) is 36.8 Å². The number of ether oxygens (including phenoxy) is 1. The highest BCUT2D eigenvalue weighted by Gasteiger charge is 2.35. The number of hydrogen-bond acceptors (Lipinski definition) is 3. The van der Waals surface area contributed by atoms with Crippen LogP contribution in [0.4, 0.5) is 0 Å². The molecule has 2 N–H and O–H groups in total. The lowest BCUT2D eigenvalue weighted by Crippen LogP contribution is -2.50. The minimum atomic E-state index is 0.263. The van der Waals surface area contributed by atoms with Gasteiger partial charge in [-0.15, -0.1) is 0 Å². The fraction of sp³-hybridized carbons (Fsp3) is 0.933. The van der Waals surface area contributed by atoms with E-state index in [4.69, 9.17) is 10.5 Å². The molecule has 2 fully saturated rings. The molecule has 2 unspecified atom stereocenters. The highest BCUT2D eigenvalue weighted by Crippen LogP contribution is 2.34. The Labute approximate surface area is 116 Å². The Balaban J connectivity index is 1.76. The molecule has 2 atom stereocenters. The van der Waals surface area contributed by atoms with E-state index in [1.807, 2.05) is 11.8 Å². The van der Waals surface area contributed by atoms with Gasteiger partial charge in [-0.2, -0.15) is 0 Å². The van der Waals surface area contributed by atoms with Crippen LogP contribution in [0.3, 0.4) is 0 Å². The first-order chi connectivity index (χ1) is 9.13. The number of piperidine rings is 1. The summed E-state index contributed by atoms with van der Waals surface area (Å²) in [6.45, 7) is 6.55. The summed E-state index contributed by atoms with van der Waals surface area (Å²) < 4.78 is 5.55. The fourth-order valence-corrected chi connectivity index (χ4v) is 3.38. The van der Waals surface area contributed by atoms with Crippen LogP contribution in [0.1, 0.15) is 46.0 Å². The molecule has 0 bridgehead atoms. The zero-order valence-corrected chi connectivity index (χ0v) is 12.3. The molecular weight excluding hydrogens is 240 g/mol. The Morgan fingerprint density at radius 1 is 1.37 bits per heavy atom. The molecule has 0 aromatic rings. The number of carbonyl (C=O) groups excluding carboxylic acids is 1. The number of amides is 1. The summed E-state index contributed by atoms with van der Waals surface area (Å²) >= 11 is 0. The quantitative estimate of drug-likeness (QED) is 0.827. The second-order valence-corrected chi connectivity index (χ2v) is 6.23. The van der Waals surface area contributed by atoms with Crippen molar-refractivity contribution in [3.8, 4) is 0 Å². The molecule has 19 heavy (non-hydrogen) atoms. The predicted octanol–water partition coefficient (Wildman–Crippen LogP) is 1.78. The Morgan fingerprint density at radius 3 is 2.74 bits per heavy atom. The fourth-order valence-electron chi connectivity index (χ4n) is 3.38. The van der Waals surface area contributed by atoms with Crippen molar-refractivity contribution in [2.45, 2.75) is 58.1 Å². The van der Waals surface area contributed by atoms with Crippen LogP contribution in [0.2, 0.25) is 0 Å². The van der Waals surface area contributed by atoms with Gasteiger partial charge in [-0.3, -0.25) is 4.79 Å². The summed E-state index contributed by atoms with van der Waals surface area (Å²) in [4.78, 5) is 14.4. The number of likely N-dealkylation sites (tertiary alicyclic amines) is 1. The van der Waals surface area contributed by atoms with Crippen molar-refractivity contribution in [3.05, 3.63) is 0 Å². The molecule has 1 aliphatic carbocycles. The van der Waals surface area contributed by atoms with Crippen molar-refractivity contribution >= 4 is 5.91 Å². The Bertz CT molecular complexity index is 303. The third kappa shape index (κ3) is 3.69. The predicted molar refractivity (Wildman–Crippen MR) is 75.7 cm³/mol. The maximum atomic E-state index is 12.4. The van der Waals surface area contributed by atoms with E-state index in [9.17, 15) is 4.79 Å². The second-order valence-electron chi connectivity index (χ2n) is 6.23. The molecule has 2 aliphatic rings. The van der Waals surface area contributed by atoms with Gasteiger partial charge < -0.3 is 15.4 Å². The van der Waals surface area contributed by atoms with Crippen molar-refractivity contribution in [2.75, 3.05) is 19.7 Å². The van der Waals surface area contributed by atoms with Gasteiger partial charge in [-0.1, -0.05) is 6.92 Å². The van der Waals surface area contributed by atoms with Crippen molar-refractivity contribution in [2.24, 2.45) is 17.6 Å². The van der Waals surface area contributed by atoms with Crippen molar-refractivity contribution in [1.29, 1.82) is 0 Å². The first-order valence-corrected chi connectivity index (χ1v) is 7.75. The Morgan fingerprint density at radius 2 is 2.11 bits per heavy atom. The lowest BCUT2D eigenvalue weighted by atomic mass is 9.79. The van der Waals surface area contributed by atoms with Crippen molar-refractivity contribution in [3.63, 3.8) is 0 Å². The molecule has 0 radical (unpaired) electrons. The largest absolute Gasteiger partial charge is 0.378 e. The van der Waals surface area contributed by atoms with E-state index in [1.54, 1.807) is 0 Å². The highest BCUT2D eigenvalue weighted by molar-refractivity contribution is 5.77. The van der Waals surface area contributed by atoms with Crippen LogP contribution in [-0.4, -0.2) is 42.6 Å². The summed E-state index contributed by atoms with van der Waals surface area (Å²) in [6.07, 6.45) is 5.38. The zero-order valence-electron chi connectivity index (χ0n) is 12.3. The second kappa shape index (κ2) is 6.71. The molecule has 2 rings (SSSR count). The van der Waals surface area contributed by atoms with Crippen LogP contribution < -0.4 is 5.73 Å². The van der Waals surface area contributed by atoms with Gasteiger partial charge in [0.15, 0.2) is 0 Å². The first kappa shape index (κ1) is 14.8. The maximum absolute atomic E-state index is 12.4. The Hall–Kier alpha value is -0.610. The minimum Gasteiger partial charge on any atom is -0.378 e. The highest BCUT2D eigenvalue weighted by atomic mass is 16.5. The SMILES string of the molecule is CCOC1CC(CC(=O)N2CCC(C)CC2CN)C1. The third-order valence-corrected chi connectivity index (χ3v) is 4.63. The monoisotopic (exact) mass is 268 g/mol. The van der Waals surface area contributed by atoms with Gasteiger partial charge in [-0.25, -0.2) is 0 Å². The molecule has 4 heteroatoms. The van der Waals surface area contributed by atoms with Gasteiger partial charge in [0.1, 0.15) is 0 Å². The van der Waals surface area contributed by atoms with Crippen LogP contribution in [-0.2, 0) is 9.53 Å². The van der Waals surface area contributed by atoms with Crippen LogP contribution in [0, 0.1) is 11.8 Å². The van der Waals surface area contributed by atoms with E-state index >= 15 is 0 Å². The number of hydrogen-bond donors (Lipinski definition) is 1. The van der Waals surface area contributed by atoms with Gasteiger partial charge in [0.2, 0.25) is 5.91 Å². The lowest BCUT2D eigenvalue weighted by Gasteiger charge is -2.40. The van der Waals surface area contributed by atoms with E-state index in [1.165, 1.54) is 0 Å². The average molecular weight is 268 g/mol. The minimum absolute atomic E-state index is 0.263. The standard InChI is InChI=1S/C15H28N2O2/c1-3-19-14-7-12(8-14)9-15(18)17-5-4-11(2)6-13(17)10-16/h11-14H,3-10,16H2,1-2H3. The van der Waals surface area contributed by atoms with Crippen LogP contribution in [0.25, 0.3) is 0 Å². The summed E-state index contributed by atoms with van der Waals surface area (Å²) in [5.74, 6) is 1.53. The Kier molecular flexibility index (Phi) is 5.22. The summed E-state index contributed by atoms with van der Waals surface area (Å²) in [6, 6.07) is 0.263. The molecule has 1 heterocycles. The smallest absolute Gasteiger partial charge is 0.223 e. The number of rotatable bonds is 5. The van der Waals surface area contributed by atoms with Gasteiger partial charge in [0.25, 0.3) is 0 Å². The van der Waals surface area contributed by atoms with Crippen molar-refractivity contribution < 1.29 is 9.53 Å². The van der Waals surface area contributed by atoms with E-state index in [-0.39, 0.29) is 6.04 Å². The van der Waals surface area contributed by atoms with Gasteiger partial charge in [-0.05, 0) is 44.4 Å². The molecule has 110 valence electrons. The van der Waals surface area contributed by atoms with E-state index < -0.39 is 0 Å². The zero-order chi connectivity index (χ0) is 13.8. The summed E-state index contributed by atoms with van der Waals surface area (Å²) in [7, 11) is 0. The molecule has 0 aromatic carbocycles. The summed E-state index contributed by atoms with van der Waals surface area (Å²) in [5, 5.41) is 0. The van der Waals surface area contributed by atoms with E-state index in [0.717, 1.165) is 38.8 Å². The van der Waals surface area contributed by atoms with Crippen LogP contribution in [0.15, 0.2) is 0 Å². The van der Waals surface area contributed by atoms with Crippen molar-refractivity contribution in [1.82, 2.24) is 4.90 Å². The van der Waals surface area contributed by atoms with Gasteiger partial charge in [0, 0.05) is 32.2 Å². The molecule has 0 spiro atoms. The number of carbonyl (C=O) groups is 1. The molecule has 1 saturated heterocycles. The summed E-state index contributed by atoms with van der Waals surface area (Å²) in [5.41, 5.74) is 5.82. The molecular formula is C15H28N2O2. The first-order valence-electron chi connectivity index (χ1n) is 7.75. The number of nitrogens with zero attached hydrogens (tertiary/aromatic N) is 1.